The molecule has 0 spiro atoms. The molecule has 1 fully saturated rings. The smallest absolute Gasteiger partial charge is 0.0471 e. The van der Waals surface area contributed by atoms with E-state index in [1.165, 1.54) is 0 Å². The molecule has 1 N–H and O–H groups in total. The molecular weight excluding hydrogens is 128 g/mol. The van der Waals surface area contributed by atoms with Crippen molar-refractivity contribution in [2.75, 3.05) is 19.8 Å². The number of rotatable bonds is 2. The lowest BCUT2D eigenvalue weighted by molar-refractivity contribution is 0.0121. The Bertz CT molecular complexity index is 89.9. The van der Waals surface area contributed by atoms with Crippen LogP contribution in [0.2, 0.25) is 0 Å². The van der Waals surface area contributed by atoms with Crippen molar-refractivity contribution in [1.29, 1.82) is 0 Å². The topological polar surface area (TPSA) is 29.5 Å². The molecule has 0 amide bonds. The molecule has 60 valence electrons. The van der Waals surface area contributed by atoms with Gasteiger partial charge in [-0.3, -0.25) is 0 Å². The summed E-state index contributed by atoms with van der Waals surface area (Å²) in [7, 11) is 0. The van der Waals surface area contributed by atoms with Gasteiger partial charge in [0.05, 0.1) is 0 Å². The van der Waals surface area contributed by atoms with Crippen molar-refractivity contribution in [2.24, 2.45) is 5.41 Å². The normalized spacial score (nSPS) is 24.6. The zero-order valence-corrected chi connectivity index (χ0v) is 6.60. The standard InChI is InChI=1S/C8H16O2/c1-8(2-5-9)3-6-10-7-4-8/h9H,2-7H2,1H3. The quantitative estimate of drug-likeness (QED) is 0.630. The third kappa shape index (κ3) is 1.96. The van der Waals surface area contributed by atoms with Gasteiger partial charge in [0.15, 0.2) is 0 Å². The van der Waals surface area contributed by atoms with Gasteiger partial charge in [0.25, 0.3) is 0 Å². The summed E-state index contributed by atoms with van der Waals surface area (Å²) in [6.45, 7) is 4.29. The predicted octanol–water partition coefficient (Wildman–Crippen LogP) is 1.19. The maximum atomic E-state index is 8.74. The van der Waals surface area contributed by atoms with Crippen molar-refractivity contribution >= 4 is 0 Å². The van der Waals surface area contributed by atoms with Crippen LogP contribution in [0, 0.1) is 5.41 Å². The number of aliphatic hydroxyl groups excluding tert-OH is 1. The van der Waals surface area contributed by atoms with E-state index in [-0.39, 0.29) is 0 Å². The molecule has 1 aliphatic heterocycles. The van der Waals surface area contributed by atoms with Crippen molar-refractivity contribution in [3.05, 3.63) is 0 Å². The number of hydrogen-bond donors (Lipinski definition) is 1. The molecule has 1 rings (SSSR count). The van der Waals surface area contributed by atoms with E-state index in [0.717, 1.165) is 32.5 Å². The average molecular weight is 144 g/mol. The van der Waals surface area contributed by atoms with E-state index in [1.807, 2.05) is 0 Å². The summed E-state index contributed by atoms with van der Waals surface area (Å²) >= 11 is 0. The molecule has 2 nitrogen and oxygen atoms in total. The van der Waals surface area contributed by atoms with Gasteiger partial charge in [0.1, 0.15) is 0 Å². The van der Waals surface area contributed by atoms with Gasteiger partial charge in [0, 0.05) is 19.8 Å². The average Bonchev–Trinajstić information content (AvgIpc) is 1.89. The van der Waals surface area contributed by atoms with Crippen LogP contribution >= 0.6 is 0 Å². The van der Waals surface area contributed by atoms with E-state index in [4.69, 9.17) is 9.84 Å². The van der Waals surface area contributed by atoms with E-state index < -0.39 is 0 Å². The Morgan fingerprint density at radius 3 is 2.50 bits per heavy atom. The second kappa shape index (κ2) is 3.35. The van der Waals surface area contributed by atoms with Gasteiger partial charge in [-0.2, -0.15) is 0 Å². The molecule has 0 radical (unpaired) electrons. The Morgan fingerprint density at radius 1 is 1.40 bits per heavy atom. The van der Waals surface area contributed by atoms with E-state index in [0.29, 0.717) is 12.0 Å². The highest BCUT2D eigenvalue weighted by Gasteiger charge is 2.26. The molecule has 0 aromatic carbocycles. The summed E-state index contributed by atoms with van der Waals surface area (Å²) in [5.74, 6) is 0. The van der Waals surface area contributed by atoms with Crippen molar-refractivity contribution in [3.63, 3.8) is 0 Å². The summed E-state index contributed by atoms with van der Waals surface area (Å²) < 4.78 is 5.23. The molecule has 0 aromatic heterocycles. The molecule has 1 aliphatic rings. The van der Waals surface area contributed by atoms with Crippen LogP contribution in [0.15, 0.2) is 0 Å². The lowest BCUT2D eigenvalue weighted by Crippen LogP contribution is -2.27. The number of hydrogen-bond acceptors (Lipinski definition) is 2. The first-order chi connectivity index (χ1) is 4.77. The molecule has 1 saturated heterocycles. The molecule has 0 unspecified atom stereocenters. The lowest BCUT2D eigenvalue weighted by atomic mass is 9.80. The fourth-order valence-electron chi connectivity index (χ4n) is 1.38. The van der Waals surface area contributed by atoms with Crippen LogP contribution in [0.1, 0.15) is 26.2 Å². The van der Waals surface area contributed by atoms with Gasteiger partial charge >= 0.3 is 0 Å². The second-order valence-corrected chi connectivity index (χ2v) is 3.40. The third-order valence-corrected chi connectivity index (χ3v) is 2.42. The Labute approximate surface area is 62.2 Å². The van der Waals surface area contributed by atoms with Crippen LogP contribution in [0.25, 0.3) is 0 Å². The van der Waals surface area contributed by atoms with Crippen molar-refractivity contribution in [1.82, 2.24) is 0 Å². The lowest BCUT2D eigenvalue weighted by Gasteiger charge is -2.32. The van der Waals surface area contributed by atoms with Crippen molar-refractivity contribution < 1.29 is 9.84 Å². The highest BCUT2D eigenvalue weighted by atomic mass is 16.5. The molecule has 10 heavy (non-hydrogen) atoms. The van der Waals surface area contributed by atoms with Crippen LogP contribution in [-0.4, -0.2) is 24.9 Å². The maximum Gasteiger partial charge on any atom is 0.0471 e. The SMILES string of the molecule is CC1(CCO)CCOCC1. The number of aliphatic hydroxyl groups is 1. The highest BCUT2D eigenvalue weighted by molar-refractivity contribution is 4.76. The molecule has 1 heterocycles. The van der Waals surface area contributed by atoms with Crippen LogP contribution < -0.4 is 0 Å². The predicted molar refractivity (Wildman–Crippen MR) is 39.9 cm³/mol. The van der Waals surface area contributed by atoms with Gasteiger partial charge < -0.3 is 9.84 Å². The minimum Gasteiger partial charge on any atom is -0.396 e. The van der Waals surface area contributed by atoms with Gasteiger partial charge in [0.2, 0.25) is 0 Å². The van der Waals surface area contributed by atoms with E-state index in [1.54, 1.807) is 0 Å². The highest BCUT2D eigenvalue weighted by Crippen LogP contribution is 2.32. The zero-order valence-electron chi connectivity index (χ0n) is 6.60. The first kappa shape index (κ1) is 8.02. The molecule has 0 atom stereocenters. The van der Waals surface area contributed by atoms with Gasteiger partial charge in [-0.05, 0) is 24.7 Å². The van der Waals surface area contributed by atoms with Gasteiger partial charge in [-0.25, -0.2) is 0 Å². The first-order valence-electron chi connectivity index (χ1n) is 3.95. The summed E-state index contributed by atoms with van der Waals surface area (Å²) in [5.41, 5.74) is 0.354. The zero-order chi connectivity index (χ0) is 7.45. The Morgan fingerprint density at radius 2 is 2.00 bits per heavy atom. The Hall–Kier alpha value is -0.0800. The van der Waals surface area contributed by atoms with Crippen LogP contribution in [0.3, 0.4) is 0 Å². The summed E-state index contributed by atoms with van der Waals surface area (Å²) in [6, 6.07) is 0. The van der Waals surface area contributed by atoms with Crippen molar-refractivity contribution in [2.45, 2.75) is 26.2 Å². The molecular formula is C8H16O2. The van der Waals surface area contributed by atoms with Crippen LogP contribution in [-0.2, 0) is 4.74 Å². The minimum atomic E-state index is 0.316. The summed E-state index contributed by atoms with van der Waals surface area (Å²) in [5, 5.41) is 8.74. The first-order valence-corrected chi connectivity index (χ1v) is 3.95. The van der Waals surface area contributed by atoms with Gasteiger partial charge in [-0.1, -0.05) is 6.92 Å². The molecule has 0 aliphatic carbocycles. The fourth-order valence-corrected chi connectivity index (χ4v) is 1.38. The van der Waals surface area contributed by atoms with Crippen molar-refractivity contribution in [3.8, 4) is 0 Å². The van der Waals surface area contributed by atoms with Gasteiger partial charge in [-0.15, -0.1) is 0 Å². The van der Waals surface area contributed by atoms with E-state index in [2.05, 4.69) is 6.92 Å². The maximum absolute atomic E-state index is 8.74. The Kier molecular flexibility index (Phi) is 2.69. The Balaban J connectivity index is 2.32. The molecule has 0 saturated carbocycles. The molecule has 2 heteroatoms. The van der Waals surface area contributed by atoms with E-state index >= 15 is 0 Å². The largest absolute Gasteiger partial charge is 0.396 e. The number of ether oxygens (including phenoxy) is 1. The molecule has 0 aromatic rings. The minimum absolute atomic E-state index is 0.316. The fraction of sp³-hybridized carbons (Fsp3) is 1.00. The summed E-state index contributed by atoms with van der Waals surface area (Å²) in [4.78, 5) is 0. The second-order valence-electron chi connectivity index (χ2n) is 3.40. The van der Waals surface area contributed by atoms with Crippen LogP contribution in [0.5, 0.6) is 0 Å². The summed E-state index contributed by atoms with van der Waals surface area (Å²) in [6.07, 6.45) is 3.14. The third-order valence-electron chi connectivity index (χ3n) is 2.42. The van der Waals surface area contributed by atoms with Crippen LogP contribution in [0.4, 0.5) is 0 Å². The molecule has 0 bridgehead atoms. The van der Waals surface area contributed by atoms with E-state index in [9.17, 15) is 0 Å². The monoisotopic (exact) mass is 144 g/mol.